The Balaban J connectivity index is 1.08. The van der Waals surface area contributed by atoms with Crippen LogP contribution in [-0.2, 0) is 16.2 Å². The van der Waals surface area contributed by atoms with Crippen LogP contribution in [0.3, 0.4) is 0 Å². The van der Waals surface area contributed by atoms with Gasteiger partial charge in [-0.05, 0) is 122 Å². The maximum absolute atomic E-state index is 6.48. The third-order valence-electron chi connectivity index (χ3n) is 14.1. The largest absolute Gasteiger partial charge is 0.455 e. The number of furan rings is 1. The second kappa shape index (κ2) is 13.7. The van der Waals surface area contributed by atoms with Crippen LogP contribution >= 0.6 is 0 Å². The molecule has 0 atom stereocenters. The van der Waals surface area contributed by atoms with Gasteiger partial charge in [0.2, 0.25) is 0 Å². The molecule has 0 bridgehead atoms. The zero-order chi connectivity index (χ0) is 41.7. The van der Waals surface area contributed by atoms with E-state index in [4.69, 9.17) is 4.42 Å². The zero-order valence-electron chi connectivity index (χ0n) is 36.0. The molecule has 2 aliphatic carbocycles. The van der Waals surface area contributed by atoms with Crippen LogP contribution in [0.25, 0.3) is 66.4 Å². The van der Waals surface area contributed by atoms with Crippen molar-refractivity contribution >= 4 is 39.0 Å². The molecule has 1 aromatic heterocycles. The summed E-state index contributed by atoms with van der Waals surface area (Å²) in [5.74, 6) is 0. The minimum atomic E-state index is -0.159. The Morgan fingerprint density at radius 1 is 0.410 bits per heavy atom. The predicted octanol–water partition coefficient (Wildman–Crippen LogP) is 16.7. The van der Waals surface area contributed by atoms with E-state index in [9.17, 15) is 0 Å². The van der Waals surface area contributed by atoms with Gasteiger partial charge in [-0.25, -0.2) is 0 Å². The monoisotopic (exact) mass is 789 g/mol. The van der Waals surface area contributed by atoms with Crippen molar-refractivity contribution in [3.05, 3.63) is 198 Å². The lowest BCUT2D eigenvalue weighted by Crippen LogP contribution is -2.34. The predicted molar refractivity (Wildman–Crippen MR) is 258 cm³/mol. The normalized spacial score (nSPS) is 15.6. The first-order valence-corrected chi connectivity index (χ1v) is 21.9. The van der Waals surface area contributed by atoms with Crippen LogP contribution in [0.1, 0.15) is 76.6 Å². The summed E-state index contributed by atoms with van der Waals surface area (Å²) in [6.45, 7) is 14.4. The second-order valence-corrected chi connectivity index (χ2v) is 19.2. The summed E-state index contributed by atoms with van der Waals surface area (Å²) < 4.78 is 6.48. The van der Waals surface area contributed by atoms with Gasteiger partial charge in [0.05, 0.1) is 5.69 Å². The van der Waals surface area contributed by atoms with Crippen LogP contribution in [0.4, 0.5) is 17.1 Å². The molecule has 11 rings (SSSR count). The van der Waals surface area contributed by atoms with Gasteiger partial charge < -0.3 is 9.32 Å². The molecule has 0 saturated heterocycles. The van der Waals surface area contributed by atoms with Crippen LogP contribution < -0.4 is 4.90 Å². The van der Waals surface area contributed by atoms with Crippen molar-refractivity contribution in [1.82, 2.24) is 0 Å². The van der Waals surface area contributed by atoms with E-state index in [-0.39, 0.29) is 16.2 Å². The van der Waals surface area contributed by atoms with Gasteiger partial charge in [0.1, 0.15) is 11.2 Å². The number of benzene rings is 8. The third kappa shape index (κ3) is 5.91. The fourth-order valence-corrected chi connectivity index (χ4v) is 10.7. The lowest BCUT2D eigenvalue weighted by atomic mass is 9.61. The van der Waals surface area contributed by atoms with E-state index in [1.165, 1.54) is 68.5 Å². The fourth-order valence-electron chi connectivity index (χ4n) is 10.7. The van der Waals surface area contributed by atoms with Gasteiger partial charge in [-0.3, -0.25) is 0 Å². The average Bonchev–Trinajstić information content (AvgIpc) is 3.77. The molecule has 0 unspecified atom stereocenters. The SMILES string of the molecule is CC1(C)CCC(C)(C)c2c(-c3ccc(-c4cc5c(cc4N(c4ccccc4)c4ccc(-c6cccc7c6oc6ccccc67)cc4)C(C)(C)c4ccccc4-5)cc3)cccc21. The molecule has 9 aromatic rings. The summed E-state index contributed by atoms with van der Waals surface area (Å²) in [4.78, 5) is 2.45. The van der Waals surface area contributed by atoms with Gasteiger partial charge in [-0.2, -0.15) is 0 Å². The highest BCUT2D eigenvalue weighted by molar-refractivity contribution is 6.09. The number of para-hydroxylation sites is 3. The Labute approximate surface area is 360 Å². The Morgan fingerprint density at radius 3 is 1.75 bits per heavy atom. The molecule has 0 aliphatic heterocycles. The van der Waals surface area contributed by atoms with Crippen LogP contribution in [-0.4, -0.2) is 0 Å². The molecule has 2 heteroatoms. The molecule has 298 valence electrons. The summed E-state index contributed by atoms with van der Waals surface area (Å²) in [7, 11) is 0. The summed E-state index contributed by atoms with van der Waals surface area (Å²) in [6.07, 6.45) is 2.39. The van der Waals surface area contributed by atoms with E-state index in [0.717, 1.165) is 50.1 Å². The van der Waals surface area contributed by atoms with E-state index in [1.807, 2.05) is 6.07 Å². The minimum absolute atomic E-state index is 0.109. The second-order valence-electron chi connectivity index (χ2n) is 19.2. The zero-order valence-corrected chi connectivity index (χ0v) is 36.0. The first-order valence-electron chi connectivity index (χ1n) is 21.9. The van der Waals surface area contributed by atoms with Gasteiger partial charge in [-0.15, -0.1) is 0 Å². The van der Waals surface area contributed by atoms with Crippen molar-refractivity contribution in [2.45, 2.75) is 70.6 Å². The fraction of sp³-hybridized carbons (Fsp3) is 0.186. The number of hydrogen-bond donors (Lipinski definition) is 0. The van der Waals surface area contributed by atoms with E-state index in [0.29, 0.717) is 0 Å². The van der Waals surface area contributed by atoms with Crippen LogP contribution in [0.15, 0.2) is 180 Å². The highest BCUT2D eigenvalue weighted by Crippen LogP contribution is 2.54. The highest BCUT2D eigenvalue weighted by Gasteiger charge is 2.39. The van der Waals surface area contributed by atoms with Gasteiger partial charge in [0, 0.05) is 38.7 Å². The van der Waals surface area contributed by atoms with Crippen molar-refractivity contribution in [2.75, 3.05) is 4.90 Å². The van der Waals surface area contributed by atoms with E-state index < -0.39 is 0 Å². The smallest absolute Gasteiger partial charge is 0.143 e. The van der Waals surface area contributed by atoms with Gasteiger partial charge in [-0.1, -0.05) is 175 Å². The van der Waals surface area contributed by atoms with Crippen LogP contribution in [0.2, 0.25) is 0 Å². The number of nitrogens with zero attached hydrogens (tertiary/aromatic N) is 1. The standard InChI is InChI=1S/C59H51NO/c1-57(2)34-35-58(3,4)55-43(20-15-24-51(55)57)38-26-28-40(29-27-38)48-36-49-45-18-10-12-23-50(45)59(5,6)52(49)37-53(48)60(41-16-8-7-9-17-41)42-32-30-39(31-33-42)44-21-14-22-47-46-19-11-13-25-54(46)61-56(44)47/h7-33,36-37H,34-35H2,1-6H3. The Bertz CT molecular complexity index is 3140. The number of rotatable bonds is 6. The first kappa shape index (κ1) is 37.4. The molecule has 61 heavy (non-hydrogen) atoms. The van der Waals surface area contributed by atoms with Crippen LogP contribution in [0, 0.1) is 0 Å². The lowest BCUT2D eigenvalue weighted by molar-refractivity contribution is 0.333. The molecular weight excluding hydrogens is 739 g/mol. The topological polar surface area (TPSA) is 16.4 Å². The van der Waals surface area contributed by atoms with Crippen LogP contribution in [0.5, 0.6) is 0 Å². The summed E-state index contributed by atoms with van der Waals surface area (Å²) in [5.41, 5.74) is 20.9. The number of anilines is 3. The van der Waals surface area contributed by atoms with Crippen molar-refractivity contribution < 1.29 is 4.42 Å². The van der Waals surface area contributed by atoms with Gasteiger partial charge in [0.15, 0.2) is 0 Å². The third-order valence-corrected chi connectivity index (χ3v) is 14.1. The Kier molecular flexibility index (Phi) is 8.39. The molecule has 0 radical (unpaired) electrons. The maximum Gasteiger partial charge on any atom is 0.143 e. The quantitative estimate of drug-likeness (QED) is 0.167. The average molecular weight is 790 g/mol. The van der Waals surface area contributed by atoms with E-state index >= 15 is 0 Å². The summed E-state index contributed by atoms with van der Waals surface area (Å²) in [5, 5.41) is 2.28. The molecular formula is C59H51NO. The molecule has 0 N–H and O–H groups in total. The minimum Gasteiger partial charge on any atom is -0.455 e. The highest BCUT2D eigenvalue weighted by atomic mass is 16.3. The van der Waals surface area contributed by atoms with E-state index in [1.54, 1.807) is 0 Å². The molecule has 2 aliphatic rings. The molecule has 0 saturated carbocycles. The van der Waals surface area contributed by atoms with Gasteiger partial charge in [0.25, 0.3) is 0 Å². The first-order chi connectivity index (χ1) is 29.5. The number of hydrogen-bond acceptors (Lipinski definition) is 2. The molecule has 1 heterocycles. The number of fused-ring (bicyclic) bond motifs is 7. The molecule has 2 nitrogen and oxygen atoms in total. The lowest BCUT2D eigenvalue weighted by Gasteiger charge is -2.43. The maximum atomic E-state index is 6.48. The van der Waals surface area contributed by atoms with Crippen molar-refractivity contribution in [1.29, 1.82) is 0 Å². The molecule has 0 spiro atoms. The molecule has 0 fully saturated rings. The van der Waals surface area contributed by atoms with Crippen molar-refractivity contribution in [3.63, 3.8) is 0 Å². The summed E-state index contributed by atoms with van der Waals surface area (Å²) >= 11 is 0. The molecule has 8 aromatic carbocycles. The van der Waals surface area contributed by atoms with E-state index in [2.05, 4.69) is 216 Å². The van der Waals surface area contributed by atoms with Crippen molar-refractivity contribution in [2.24, 2.45) is 0 Å². The Hall–Kier alpha value is -6.64. The van der Waals surface area contributed by atoms with Gasteiger partial charge >= 0.3 is 0 Å². The Morgan fingerprint density at radius 2 is 0.967 bits per heavy atom. The van der Waals surface area contributed by atoms with Crippen molar-refractivity contribution in [3.8, 4) is 44.5 Å². The molecule has 0 amide bonds. The summed E-state index contributed by atoms with van der Waals surface area (Å²) in [6, 6.07) is 65.0.